The van der Waals surface area contributed by atoms with Gasteiger partial charge in [0.25, 0.3) is 0 Å². The summed E-state index contributed by atoms with van der Waals surface area (Å²) >= 11 is 0. The van der Waals surface area contributed by atoms with Crippen molar-refractivity contribution in [1.29, 1.82) is 0 Å². The number of piperazine rings is 1. The van der Waals surface area contributed by atoms with E-state index in [1.807, 2.05) is 0 Å². The van der Waals surface area contributed by atoms with E-state index in [0.717, 1.165) is 65.3 Å². The summed E-state index contributed by atoms with van der Waals surface area (Å²) in [6.07, 6.45) is 0.721. The van der Waals surface area contributed by atoms with Crippen LogP contribution in [0.1, 0.15) is 13.3 Å². The fourth-order valence-electron chi connectivity index (χ4n) is 2.71. The largest absolute Gasteiger partial charge is 0.366 e. The number of carbonyl (C=O) groups excluding carboxylic acids is 1. The van der Waals surface area contributed by atoms with E-state index < -0.39 is 0 Å². The van der Waals surface area contributed by atoms with Gasteiger partial charge in [-0.15, -0.1) is 0 Å². The normalized spacial score (nSPS) is 25.6. The van der Waals surface area contributed by atoms with Gasteiger partial charge >= 0.3 is 0 Å². The molecule has 1 atom stereocenters. The van der Waals surface area contributed by atoms with Crippen LogP contribution in [-0.4, -0.2) is 87.3 Å². The van der Waals surface area contributed by atoms with Crippen molar-refractivity contribution in [1.82, 2.24) is 20.4 Å². The van der Waals surface area contributed by atoms with E-state index in [0.29, 0.717) is 6.61 Å². The van der Waals surface area contributed by atoms with E-state index in [-0.39, 0.29) is 12.0 Å². The van der Waals surface area contributed by atoms with Gasteiger partial charge in [-0.1, -0.05) is 6.92 Å². The van der Waals surface area contributed by atoms with Gasteiger partial charge in [-0.05, 0) is 19.5 Å². The fraction of sp³-hybridized carbons (Fsp3) is 0.929. The number of amides is 1. The predicted octanol–water partition coefficient (Wildman–Crippen LogP) is -0.881. The Balaban J connectivity index is 1.57. The topological polar surface area (TPSA) is 56.8 Å². The summed E-state index contributed by atoms with van der Waals surface area (Å²) in [5, 5.41) is 6.35. The number of carbonyl (C=O) groups is 1. The molecule has 0 saturated carbocycles. The second-order valence-electron chi connectivity index (χ2n) is 5.49. The van der Waals surface area contributed by atoms with Crippen molar-refractivity contribution in [2.75, 3.05) is 65.5 Å². The third-order valence-corrected chi connectivity index (χ3v) is 4.05. The maximum Gasteiger partial charge on any atom is 0.250 e. The van der Waals surface area contributed by atoms with E-state index in [1.165, 1.54) is 0 Å². The number of hydrogen-bond acceptors (Lipinski definition) is 5. The number of rotatable bonds is 6. The molecule has 0 bridgehead atoms. The van der Waals surface area contributed by atoms with E-state index in [2.05, 4.69) is 27.4 Å². The molecule has 116 valence electrons. The molecule has 0 radical (unpaired) electrons. The van der Waals surface area contributed by atoms with Gasteiger partial charge in [0.1, 0.15) is 6.10 Å². The first-order valence-electron chi connectivity index (χ1n) is 7.84. The highest BCUT2D eigenvalue weighted by Crippen LogP contribution is 2.04. The molecule has 0 spiro atoms. The molecule has 2 N–H and O–H groups in total. The highest BCUT2D eigenvalue weighted by molar-refractivity contribution is 5.81. The van der Waals surface area contributed by atoms with Gasteiger partial charge in [0.2, 0.25) is 5.91 Å². The van der Waals surface area contributed by atoms with Crippen LogP contribution in [0.25, 0.3) is 0 Å². The van der Waals surface area contributed by atoms with Gasteiger partial charge in [-0.2, -0.15) is 0 Å². The van der Waals surface area contributed by atoms with Crippen molar-refractivity contribution in [2.24, 2.45) is 0 Å². The minimum atomic E-state index is -0.289. The zero-order valence-corrected chi connectivity index (χ0v) is 12.6. The standard InChI is InChI=1S/C14H28N4O2/c1-2-17-10-11-20-13(12-17)14(19)16-4-3-7-18-8-5-15-6-9-18/h13,15H,2-12H2,1H3,(H,16,19). The highest BCUT2D eigenvalue weighted by Gasteiger charge is 2.25. The first-order chi connectivity index (χ1) is 9.79. The lowest BCUT2D eigenvalue weighted by Gasteiger charge is -2.31. The Morgan fingerprint density at radius 2 is 2.10 bits per heavy atom. The molecule has 0 aromatic carbocycles. The molecule has 2 fully saturated rings. The number of nitrogens with one attached hydrogen (secondary N) is 2. The molecule has 2 heterocycles. The molecule has 1 unspecified atom stereocenters. The lowest BCUT2D eigenvalue weighted by Crippen LogP contribution is -2.50. The van der Waals surface area contributed by atoms with Crippen molar-refractivity contribution < 1.29 is 9.53 Å². The van der Waals surface area contributed by atoms with Crippen LogP contribution >= 0.6 is 0 Å². The van der Waals surface area contributed by atoms with Gasteiger partial charge in [-0.25, -0.2) is 0 Å². The quantitative estimate of drug-likeness (QED) is 0.620. The number of likely N-dealkylation sites (N-methyl/N-ethyl adjacent to an activating group) is 1. The number of hydrogen-bond donors (Lipinski definition) is 2. The van der Waals surface area contributed by atoms with Crippen molar-refractivity contribution in [3.05, 3.63) is 0 Å². The Kier molecular flexibility index (Phi) is 6.72. The van der Waals surface area contributed by atoms with Crippen LogP contribution in [0.15, 0.2) is 0 Å². The molecule has 2 rings (SSSR count). The van der Waals surface area contributed by atoms with Crippen molar-refractivity contribution in [3.63, 3.8) is 0 Å². The van der Waals surface area contributed by atoms with Crippen molar-refractivity contribution in [2.45, 2.75) is 19.4 Å². The minimum Gasteiger partial charge on any atom is -0.366 e. The Labute approximate surface area is 121 Å². The zero-order chi connectivity index (χ0) is 14.2. The highest BCUT2D eigenvalue weighted by atomic mass is 16.5. The second-order valence-corrected chi connectivity index (χ2v) is 5.49. The SMILES string of the molecule is CCN1CCOC(C(=O)NCCCN2CCNCC2)C1. The first-order valence-corrected chi connectivity index (χ1v) is 7.84. The third-order valence-electron chi connectivity index (χ3n) is 4.05. The molecule has 1 amide bonds. The molecule has 6 nitrogen and oxygen atoms in total. The Morgan fingerprint density at radius 3 is 2.85 bits per heavy atom. The number of ether oxygens (including phenoxy) is 1. The first kappa shape index (κ1) is 15.7. The molecule has 0 aliphatic carbocycles. The van der Waals surface area contributed by atoms with Gasteiger partial charge in [0, 0.05) is 45.8 Å². The molecule has 0 aromatic heterocycles. The summed E-state index contributed by atoms with van der Waals surface area (Å²) in [5.41, 5.74) is 0. The van der Waals surface area contributed by atoms with Crippen molar-refractivity contribution in [3.8, 4) is 0 Å². The summed E-state index contributed by atoms with van der Waals surface area (Å²) in [7, 11) is 0. The van der Waals surface area contributed by atoms with Gasteiger partial charge in [0.15, 0.2) is 0 Å². The summed E-state index contributed by atoms with van der Waals surface area (Å²) in [4.78, 5) is 16.7. The summed E-state index contributed by atoms with van der Waals surface area (Å²) < 4.78 is 5.55. The van der Waals surface area contributed by atoms with Gasteiger partial charge in [-0.3, -0.25) is 9.69 Å². The molecule has 6 heteroatoms. The summed E-state index contributed by atoms with van der Waals surface area (Å²) in [6, 6.07) is 0. The molecule has 2 aliphatic rings. The Bertz CT molecular complexity index is 295. The number of morpholine rings is 1. The summed E-state index contributed by atoms with van der Waals surface area (Å²) in [6.45, 7) is 11.6. The third kappa shape index (κ3) is 5.01. The van der Waals surface area contributed by atoms with Crippen LogP contribution < -0.4 is 10.6 Å². The Morgan fingerprint density at radius 1 is 1.30 bits per heavy atom. The smallest absolute Gasteiger partial charge is 0.250 e. The van der Waals surface area contributed by atoms with E-state index in [4.69, 9.17) is 4.74 Å². The summed E-state index contributed by atoms with van der Waals surface area (Å²) in [5.74, 6) is 0.0449. The fourth-order valence-corrected chi connectivity index (χ4v) is 2.71. The average molecular weight is 284 g/mol. The molecule has 2 aliphatic heterocycles. The maximum atomic E-state index is 12.0. The van der Waals surface area contributed by atoms with E-state index >= 15 is 0 Å². The van der Waals surface area contributed by atoms with E-state index in [1.54, 1.807) is 0 Å². The predicted molar refractivity (Wildman–Crippen MR) is 78.8 cm³/mol. The van der Waals surface area contributed by atoms with Crippen molar-refractivity contribution >= 4 is 5.91 Å². The second kappa shape index (κ2) is 8.56. The average Bonchev–Trinajstić information content (AvgIpc) is 2.52. The monoisotopic (exact) mass is 284 g/mol. The molecule has 2 saturated heterocycles. The Hall–Kier alpha value is -0.690. The number of nitrogens with zero attached hydrogens (tertiary/aromatic N) is 2. The van der Waals surface area contributed by atoms with Crippen LogP contribution in [-0.2, 0) is 9.53 Å². The zero-order valence-electron chi connectivity index (χ0n) is 12.6. The van der Waals surface area contributed by atoms with Crippen LogP contribution in [0.3, 0.4) is 0 Å². The molecular formula is C14H28N4O2. The van der Waals surface area contributed by atoms with Crippen LogP contribution in [0.4, 0.5) is 0 Å². The van der Waals surface area contributed by atoms with Gasteiger partial charge in [0.05, 0.1) is 6.61 Å². The molecular weight excluding hydrogens is 256 g/mol. The van der Waals surface area contributed by atoms with Crippen LogP contribution in [0, 0.1) is 0 Å². The van der Waals surface area contributed by atoms with E-state index in [9.17, 15) is 4.79 Å². The van der Waals surface area contributed by atoms with Crippen LogP contribution in [0.5, 0.6) is 0 Å². The molecule has 20 heavy (non-hydrogen) atoms. The molecule has 0 aromatic rings. The maximum absolute atomic E-state index is 12.0. The van der Waals surface area contributed by atoms with Crippen LogP contribution in [0.2, 0.25) is 0 Å². The lowest BCUT2D eigenvalue weighted by molar-refractivity contribution is -0.138. The lowest BCUT2D eigenvalue weighted by atomic mass is 10.2. The minimum absolute atomic E-state index is 0.0449. The van der Waals surface area contributed by atoms with Gasteiger partial charge < -0.3 is 20.3 Å².